The Hall–Kier alpha value is -3.41. The Morgan fingerprint density at radius 3 is 0.808 bits per heavy atom. The minimum atomic E-state index is -0.776. The highest BCUT2D eigenvalue weighted by Crippen LogP contribution is 2.17. The van der Waals surface area contributed by atoms with Gasteiger partial charge in [0, 0.05) is 19.3 Å². The Morgan fingerprint density at radius 2 is 0.500 bits per heavy atom. The van der Waals surface area contributed by atoms with Crippen LogP contribution in [0.15, 0.2) is 85.1 Å². The fraction of sp³-hybridized carbons (Fsp3) is 0.764. The molecule has 0 heterocycles. The van der Waals surface area contributed by atoms with Crippen LogP contribution in [0.4, 0.5) is 0 Å². The summed E-state index contributed by atoms with van der Waals surface area (Å²) in [7, 11) is 0. The van der Waals surface area contributed by atoms with Gasteiger partial charge in [-0.25, -0.2) is 0 Å². The average molecular weight is 1090 g/mol. The molecule has 0 rings (SSSR count). The third-order valence-electron chi connectivity index (χ3n) is 14.6. The van der Waals surface area contributed by atoms with E-state index in [1.807, 2.05) is 0 Å². The maximum atomic E-state index is 12.9. The molecule has 0 aliphatic heterocycles. The number of unbranched alkanes of at least 4 members (excludes halogenated alkanes) is 36. The molecule has 0 aromatic heterocycles. The second-order valence-electron chi connectivity index (χ2n) is 22.4. The summed E-state index contributed by atoms with van der Waals surface area (Å²) in [6.45, 7) is 6.52. The topological polar surface area (TPSA) is 78.9 Å². The van der Waals surface area contributed by atoms with Crippen molar-refractivity contribution in [3.05, 3.63) is 85.1 Å². The zero-order chi connectivity index (χ0) is 56.4. The molecule has 0 aliphatic rings. The summed E-state index contributed by atoms with van der Waals surface area (Å²) >= 11 is 0. The van der Waals surface area contributed by atoms with Crippen LogP contribution < -0.4 is 0 Å². The van der Waals surface area contributed by atoms with E-state index in [1.165, 1.54) is 199 Å². The highest BCUT2D eigenvalue weighted by Gasteiger charge is 2.19. The summed E-state index contributed by atoms with van der Waals surface area (Å²) in [5, 5.41) is 0. The predicted octanol–water partition coefficient (Wildman–Crippen LogP) is 23.1. The molecular weight excluding hydrogens is 961 g/mol. The molecule has 0 spiro atoms. The Bertz CT molecular complexity index is 1480. The molecule has 6 heteroatoms. The van der Waals surface area contributed by atoms with Gasteiger partial charge in [0.2, 0.25) is 0 Å². The zero-order valence-corrected chi connectivity index (χ0v) is 51.7. The van der Waals surface area contributed by atoms with Gasteiger partial charge in [0.25, 0.3) is 0 Å². The second kappa shape index (κ2) is 66.1. The molecule has 0 fully saturated rings. The number of carbonyl (C=O) groups is 3. The van der Waals surface area contributed by atoms with Crippen molar-refractivity contribution < 1.29 is 28.6 Å². The van der Waals surface area contributed by atoms with Crippen molar-refractivity contribution in [1.82, 2.24) is 0 Å². The van der Waals surface area contributed by atoms with Crippen LogP contribution in [0.25, 0.3) is 0 Å². The monoisotopic (exact) mass is 1090 g/mol. The van der Waals surface area contributed by atoms with Crippen LogP contribution in [0.1, 0.15) is 335 Å². The molecule has 0 amide bonds. The fourth-order valence-corrected chi connectivity index (χ4v) is 9.62. The van der Waals surface area contributed by atoms with Crippen LogP contribution in [-0.2, 0) is 28.6 Å². The molecule has 1 atom stereocenters. The van der Waals surface area contributed by atoms with Gasteiger partial charge < -0.3 is 14.2 Å². The van der Waals surface area contributed by atoms with E-state index in [1.54, 1.807) is 0 Å². The fourth-order valence-electron chi connectivity index (χ4n) is 9.62. The summed E-state index contributed by atoms with van der Waals surface area (Å²) in [5.74, 6) is -0.864. The smallest absolute Gasteiger partial charge is 0.306 e. The highest BCUT2D eigenvalue weighted by atomic mass is 16.6. The van der Waals surface area contributed by atoms with Crippen molar-refractivity contribution in [2.24, 2.45) is 0 Å². The third-order valence-corrected chi connectivity index (χ3v) is 14.6. The summed E-state index contributed by atoms with van der Waals surface area (Å²) in [6.07, 6.45) is 87.5. The average Bonchev–Trinajstić information content (AvgIpc) is 3.44. The minimum Gasteiger partial charge on any atom is -0.462 e. The molecule has 0 aliphatic carbocycles. The lowest BCUT2D eigenvalue weighted by Crippen LogP contribution is -2.30. The van der Waals surface area contributed by atoms with Gasteiger partial charge in [-0.2, -0.15) is 0 Å². The lowest BCUT2D eigenvalue weighted by molar-refractivity contribution is -0.167. The Morgan fingerprint density at radius 1 is 0.269 bits per heavy atom. The number of hydrogen-bond donors (Lipinski definition) is 0. The number of carbonyl (C=O) groups excluding carboxylic acids is 3. The molecule has 0 bridgehead atoms. The Balaban J connectivity index is 4.15. The van der Waals surface area contributed by atoms with Crippen molar-refractivity contribution in [3.63, 3.8) is 0 Å². The van der Waals surface area contributed by atoms with E-state index >= 15 is 0 Å². The first-order valence-corrected chi connectivity index (χ1v) is 33.6. The second-order valence-corrected chi connectivity index (χ2v) is 22.4. The van der Waals surface area contributed by atoms with Gasteiger partial charge >= 0.3 is 17.9 Å². The number of hydrogen-bond acceptors (Lipinski definition) is 6. The Labute approximate surface area is 484 Å². The number of rotatable bonds is 61. The molecule has 6 nitrogen and oxygen atoms in total. The van der Waals surface area contributed by atoms with Crippen LogP contribution in [0, 0.1) is 0 Å². The van der Waals surface area contributed by atoms with Gasteiger partial charge in [0.1, 0.15) is 13.2 Å². The normalized spacial score (nSPS) is 12.6. The largest absolute Gasteiger partial charge is 0.462 e. The molecule has 0 aromatic carbocycles. The lowest BCUT2D eigenvalue weighted by atomic mass is 10.0. The first-order chi connectivity index (χ1) is 38.5. The van der Waals surface area contributed by atoms with Crippen LogP contribution in [-0.4, -0.2) is 37.2 Å². The molecule has 0 N–H and O–H groups in total. The van der Waals surface area contributed by atoms with E-state index in [9.17, 15) is 14.4 Å². The lowest BCUT2D eigenvalue weighted by Gasteiger charge is -2.18. The summed E-state index contributed by atoms with van der Waals surface area (Å²) in [4.78, 5) is 38.3. The first kappa shape index (κ1) is 74.6. The van der Waals surface area contributed by atoms with Crippen LogP contribution in [0.3, 0.4) is 0 Å². The van der Waals surface area contributed by atoms with E-state index in [2.05, 4.69) is 106 Å². The maximum absolute atomic E-state index is 12.9. The van der Waals surface area contributed by atoms with Crippen molar-refractivity contribution in [1.29, 1.82) is 0 Å². The quantitative estimate of drug-likeness (QED) is 0.0261. The molecule has 78 heavy (non-hydrogen) atoms. The van der Waals surface area contributed by atoms with E-state index in [0.29, 0.717) is 19.3 Å². The zero-order valence-electron chi connectivity index (χ0n) is 51.7. The molecule has 450 valence electrons. The van der Waals surface area contributed by atoms with Crippen molar-refractivity contribution in [3.8, 4) is 0 Å². The van der Waals surface area contributed by atoms with Gasteiger partial charge in [-0.1, -0.05) is 305 Å². The van der Waals surface area contributed by atoms with Gasteiger partial charge in [0.05, 0.1) is 0 Å². The molecule has 0 aromatic rings. The molecule has 0 saturated heterocycles. The van der Waals surface area contributed by atoms with Crippen LogP contribution >= 0.6 is 0 Å². The molecule has 1 unspecified atom stereocenters. The van der Waals surface area contributed by atoms with Crippen LogP contribution in [0.2, 0.25) is 0 Å². The standard InChI is InChI=1S/C72H126O6/c1-4-7-10-13-16-19-22-24-26-28-30-31-32-33-34-35-36-37-38-39-40-41-43-44-46-48-50-53-56-59-62-65-71(74)77-68-69(67-76-70(73)64-61-58-55-52-21-18-15-12-9-6-3)78-72(75)66-63-60-57-54-51-49-47-45-42-29-27-25-23-20-17-14-11-8-5-2/h7,10,16-17,19-20,24-27,30-31,33-34,69H,4-6,8-9,11-15,18,21-23,28-29,32,35-68H2,1-3H3/b10-7-,19-16-,20-17-,26-24-,27-25-,31-30-,34-33-. The first-order valence-electron chi connectivity index (χ1n) is 33.6. The van der Waals surface area contributed by atoms with E-state index < -0.39 is 6.10 Å². The molecule has 0 radical (unpaired) electrons. The van der Waals surface area contributed by atoms with Gasteiger partial charge in [0.15, 0.2) is 6.10 Å². The summed E-state index contributed by atoms with van der Waals surface area (Å²) in [5.41, 5.74) is 0. The van der Waals surface area contributed by atoms with Crippen molar-refractivity contribution >= 4 is 17.9 Å². The van der Waals surface area contributed by atoms with Crippen LogP contribution in [0.5, 0.6) is 0 Å². The molecular formula is C72H126O6. The summed E-state index contributed by atoms with van der Waals surface area (Å²) in [6, 6.07) is 0. The van der Waals surface area contributed by atoms with Crippen molar-refractivity contribution in [2.45, 2.75) is 341 Å². The molecule has 0 saturated carbocycles. The third kappa shape index (κ3) is 63.4. The SMILES string of the molecule is CC/C=C\C/C=C\C/C=C\C/C=C\C/C=C\CCCCCCCCCCCCCCCCCC(=O)OCC(COC(=O)CCCCCCCCCCCC)OC(=O)CCCCCCCCCCC/C=C\C/C=C\CCCCC. The Kier molecular flexibility index (Phi) is 63.2. The predicted molar refractivity (Wildman–Crippen MR) is 339 cm³/mol. The van der Waals surface area contributed by atoms with E-state index in [0.717, 1.165) is 96.3 Å². The summed E-state index contributed by atoms with van der Waals surface area (Å²) < 4.78 is 16.9. The van der Waals surface area contributed by atoms with E-state index in [-0.39, 0.29) is 31.1 Å². The number of esters is 3. The maximum Gasteiger partial charge on any atom is 0.306 e. The number of allylic oxidation sites excluding steroid dienone is 14. The van der Waals surface area contributed by atoms with E-state index in [4.69, 9.17) is 14.2 Å². The van der Waals surface area contributed by atoms with Gasteiger partial charge in [-0.15, -0.1) is 0 Å². The highest BCUT2D eigenvalue weighted by molar-refractivity contribution is 5.71. The van der Waals surface area contributed by atoms with Gasteiger partial charge in [-0.05, 0) is 96.3 Å². The van der Waals surface area contributed by atoms with Gasteiger partial charge in [-0.3, -0.25) is 14.4 Å². The minimum absolute atomic E-state index is 0.0735. The number of ether oxygens (including phenoxy) is 3. The van der Waals surface area contributed by atoms with Crippen molar-refractivity contribution in [2.75, 3.05) is 13.2 Å².